The average molecular weight is 309 g/mol. The van der Waals surface area contributed by atoms with E-state index in [1.165, 1.54) is 0 Å². The topological polar surface area (TPSA) is 83.5 Å². The summed E-state index contributed by atoms with van der Waals surface area (Å²) in [4.78, 5) is 11.2. The van der Waals surface area contributed by atoms with Gasteiger partial charge in [0.05, 0.1) is 16.6 Å². The molecule has 114 valence electrons. The Bertz CT molecular complexity index is 634. The first-order valence-corrected chi connectivity index (χ1v) is 8.58. The summed E-state index contributed by atoms with van der Waals surface area (Å²) in [5.41, 5.74) is 0.783. The minimum Gasteiger partial charge on any atom is -0.481 e. The summed E-state index contributed by atoms with van der Waals surface area (Å²) in [6, 6.07) is 6.56. The Morgan fingerprint density at radius 1 is 1.29 bits per heavy atom. The Labute approximate surface area is 124 Å². The van der Waals surface area contributed by atoms with Gasteiger partial charge >= 0.3 is 5.97 Å². The fourth-order valence-corrected chi connectivity index (χ4v) is 3.67. The maximum Gasteiger partial charge on any atom is 0.310 e. The maximum absolute atomic E-state index is 11.9. The minimum absolute atomic E-state index is 0.0378. The Hall–Kier alpha value is -1.82. The summed E-state index contributed by atoms with van der Waals surface area (Å²) >= 11 is 0. The highest BCUT2D eigenvalue weighted by Gasteiger charge is 2.24. The molecule has 0 saturated carbocycles. The van der Waals surface area contributed by atoms with Gasteiger partial charge in [-0.1, -0.05) is 19.1 Å². The number of rotatable bonds is 6. The number of nitrogens with one attached hydrogen (secondary N) is 1. The van der Waals surface area contributed by atoms with E-state index in [0.717, 1.165) is 5.69 Å². The summed E-state index contributed by atoms with van der Waals surface area (Å²) in [6.45, 7) is 1.83. The summed E-state index contributed by atoms with van der Waals surface area (Å²) in [6.07, 6.45) is 4.61. The van der Waals surface area contributed by atoms with Crippen LogP contribution in [0.5, 0.6) is 0 Å². The van der Waals surface area contributed by atoms with Crippen molar-refractivity contribution in [3.05, 3.63) is 36.4 Å². The van der Waals surface area contributed by atoms with Gasteiger partial charge in [0.25, 0.3) is 0 Å². The summed E-state index contributed by atoms with van der Waals surface area (Å²) < 4.78 is 23.8. The van der Waals surface area contributed by atoms with Crippen LogP contribution in [0.4, 0.5) is 5.69 Å². The molecule has 6 heteroatoms. The van der Waals surface area contributed by atoms with Gasteiger partial charge in [0.15, 0.2) is 9.84 Å². The van der Waals surface area contributed by atoms with Gasteiger partial charge in [-0.15, -0.1) is 0 Å². The molecule has 1 aliphatic carbocycles. The van der Waals surface area contributed by atoms with Crippen molar-refractivity contribution in [3.8, 4) is 0 Å². The zero-order chi connectivity index (χ0) is 15.5. The van der Waals surface area contributed by atoms with Crippen LogP contribution in [0, 0.1) is 5.92 Å². The molecule has 0 fully saturated rings. The SMILES string of the molecule is CCCS(=O)(=O)c1ccc(NC2C=CC(C(=O)O)C2)cc1. The van der Waals surface area contributed by atoms with Crippen molar-refractivity contribution in [2.24, 2.45) is 5.92 Å². The van der Waals surface area contributed by atoms with E-state index in [1.807, 2.05) is 13.0 Å². The lowest BCUT2D eigenvalue weighted by Crippen LogP contribution is -2.18. The molecule has 0 saturated heterocycles. The predicted octanol–water partition coefficient (Wildman–Crippen LogP) is 2.31. The fourth-order valence-electron chi connectivity index (χ4n) is 2.35. The minimum atomic E-state index is -3.19. The second-order valence-electron chi connectivity index (χ2n) is 5.16. The molecule has 0 radical (unpaired) electrons. The lowest BCUT2D eigenvalue weighted by molar-refractivity contribution is -0.140. The smallest absolute Gasteiger partial charge is 0.310 e. The van der Waals surface area contributed by atoms with Crippen LogP contribution in [0.15, 0.2) is 41.3 Å². The number of carboxylic acids is 1. The first-order valence-electron chi connectivity index (χ1n) is 6.93. The van der Waals surface area contributed by atoms with Gasteiger partial charge in [0, 0.05) is 11.7 Å². The summed E-state index contributed by atoms with van der Waals surface area (Å²) in [5.74, 6) is -1.13. The molecule has 2 N–H and O–H groups in total. The van der Waals surface area contributed by atoms with Crippen molar-refractivity contribution < 1.29 is 18.3 Å². The highest BCUT2D eigenvalue weighted by Crippen LogP contribution is 2.23. The standard InChI is InChI=1S/C15H19NO4S/c1-2-9-21(19,20)14-7-5-12(6-8-14)16-13-4-3-11(10-13)15(17)18/h3-8,11,13,16H,2,9-10H2,1H3,(H,17,18). The van der Waals surface area contributed by atoms with E-state index in [-0.39, 0.29) is 11.8 Å². The second-order valence-corrected chi connectivity index (χ2v) is 7.27. The first-order chi connectivity index (χ1) is 9.92. The molecule has 2 unspecified atom stereocenters. The zero-order valence-corrected chi connectivity index (χ0v) is 12.6. The van der Waals surface area contributed by atoms with Gasteiger partial charge in [-0.3, -0.25) is 4.79 Å². The maximum atomic E-state index is 11.9. The molecular formula is C15H19NO4S. The predicted molar refractivity (Wildman–Crippen MR) is 81.1 cm³/mol. The quantitative estimate of drug-likeness (QED) is 0.788. The van der Waals surface area contributed by atoms with E-state index in [2.05, 4.69) is 5.32 Å². The van der Waals surface area contributed by atoms with Gasteiger partial charge < -0.3 is 10.4 Å². The number of anilines is 1. The van der Waals surface area contributed by atoms with E-state index in [9.17, 15) is 13.2 Å². The highest BCUT2D eigenvalue weighted by atomic mass is 32.2. The average Bonchev–Trinajstić information content (AvgIpc) is 2.88. The lowest BCUT2D eigenvalue weighted by atomic mass is 10.1. The van der Waals surface area contributed by atoms with Crippen LogP contribution in [-0.4, -0.2) is 31.3 Å². The molecule has 0 amide bonds. The molecule has 0 aromatic heterocycles. The van der Waals surface area contributed by atoms with Crippen LogP contribution in [0.1, 0.15) is 19.8 Å². The number of hydrogen-bond donors (Lipinski definition) is 2. The molecule has 1 aromatic carbocycles. The molecule has 0 bridgehead atoms. The van der Waals surface area contributed by atoms with E-state index in [4.69, 9.17) is 5.11 Å². The summed E-state index contributed by atoms with van der Waals surface area (Å²) in [5, 5.41) is 12.1. The number of carboxylic acid groups (broad SMARTS) is 1. The zero-order valence-electron chi connectivity index (χ0n) is 11.8. The van der Waals surface area contributed by atoms with Gasteiger partial charge in [-0.2, -0.15) is 0 Å². The van der Waals surface area contributed by atoms with Crippen molar-refractivity contribution >= 4 is 21.5 Å². The van der Waals surface area contributed by atoms with Gasteiger partial charge in [0.2, 0.25) is 0 Å². The van der Waals surface area contributed by atoms with Crippen molar-refractivity contribution in [1.29, 1.82) is 0 Å². The number of hydrogen-bond acceptors (Lipinski definition) is 4. The molecule has 5 nitrogen and oxygen atoms in total. The van der Waals surface area contributed by atoms with Crippen molar-refractivity contribution in [2.75, 3.05) is 11.1 Å². The second kappa shape index (κ2) is 6.30. The van der Waals surface area contributed by atoms with Crippen molar-refractivity contribution in [2.45, 2.75) is 30.7 Å². The van der Waals surface area contributed by atoms with Crippen LogP contribution < -0.4 is 5.32 Å². The van der Waals surface area contributed by atoms with Gasteiger partial charge in [-0.05, 0) is 37.1 Å². The van der Waals surface area contributed by atoms with Crippen LogP contribution in [0.3, 0.4) is 0 Å². The van der Waals surface area contributed by atoms with Gasteiger partial charge in [0.1, 0.15) is 0 Å². The number of benzene rings is 1. The number of sulfone groups is 1. The van der Waals surface area contributed by atoms with Gasteiger partial charge in [-0.25, -0.2) is 8.42 Å². The van der Waals surface area contributed by atoms with Crippen molar-refractivity contribution in [3.63, 3.8) is 0 Å². The van der Waals surface area contributed by atoms with E-state index < -0.39 is 21.7 Å². The number of aliphatic carboxylic acids is 1. The monoisotopic (exact) mass is 309 g/mol. The first kappa shape index (κ1) is 15.6. The third kappa shape index (κ3) is 3.85. The van der Waals surface area contributed by atoms with E-state index in [1.54, 1.807) is 30.3 Å². The molecule has 2 rings (SSSR count). The van der Waals surface area contributed by atoms with E-state index in [0.29, 0.717) is 17.7 Å². The molecule has 2 atom stereocenters. The third-order valence-corrected chi connectivity index (χ3v) is 5.38. The van der Waals surface area contributed by atoms with Crippen LogP contribution >= 0.6 is 0 Å². The van der Waals surface area contributed by atoms with Crippen LogP contribution in [0.2, 0.25) is 0 Å². The van der Waals surface area contributed by atoms with Crippen LogP contribution in [0.25, 0.3) is 0 Å². The number of carbonyl (C=O) groups is 1. The molecule has 21 heavy (non-hydrogen) atoms. The Kier molecular flexibility index (Phi) is 4.67. The highest BCUT2D eigenvalue weighted by molar-refractivity contribution is 7.91. The van der Waals surface area contributed by atoms with Crippen molar-refractivity contribution in [1.82, 2.24) is 0 Å². The molecule has 1 aliphatic rings. The molecule has 0 aliphatic heterocycles. The lowest BCUT2D eigenvalue weighted by Gasteiger charge is -2.14. The Morgan fingerprint density at radius 2 is 1.95 bits per heavy atom. The Balaban J connectivity index is 2.01. The molecule has 0 spiro atoms. The Morgan fingerprint density at radius 3 is 2.48 bits per heavy atom. The molecule has 0 heterocycles. The van der Waals surface area contributed by atoms with E-state index >= 15 is 0 Å². The summed E-state index contributed by atoms with van der Waals surface area (Å²) in [7, 11) is -3.19. The molecule has 1 aromatic rings. The third-order valence-electron chi connectivity index (χ3n) is 3.44. The fraction of sp³-hybridized carbons (Fsp3) is 0.400. The normalized spacial score (nSPS) is 21.4. The van der Waals surface area contributed by atoms with Crippen LogP contribution in [-0.2, 0) is 14.6 Å². The molecular weight excluding hydrogens is 290 g/mol. The largest absolute Gasteiger partial charge is 0.481 e.